The molecule has 3 aliphatic heterocycles. The van der Waals surface area contributed by atoms with Gasteiger partial charge in [0.05, 0.1) is 12.6 Å². The Bertz CT molecular complexity index is 775. The summed E-state index contributed by atoms with van der Waals surface area (Å²) in [6.45, 7) is 5.33. The molecule has 2 N–H and O–H groups in total. The Hall–Kier alpha value is -2.02. The molecule has 0 amide bonds. The molecule has 1 aromatic heterocycles. The first-order valence-corrected chi connectivity index (χ1v) is 8.94. The van der Waals surface area contributed by atoms with Crippen LogP contribution in [0.4, 0.5) is 0 Å². The molecule has 6 heteroatoms. The average Bonchev–Trinajstić information content (AvgIpc) is 3.33. The number of fused-ring (bicyclic) bond motifs is 2. The van der Waals surface area contributed by atoms with Crippen molar-refractivity contribution in [1.29, 1.82) is 0 Å². The number of hydrogen-bond donors (Lipinski definition) is 2. The topological polar surface area (TPSA) is 58.9 Å². The van der Waals surface area contributed by atoms with Crippen LogP contribution in [0.3, 0.4) is 0 Å². The van der Waals surface area contributed by atoms with E-state index >= 15 is 0 Å². The van der Waals surface area contributed by atoms with Crippen molar-refractivity contribution in [2.24, 2.45) is 5.92 Å². The summed E-state index contributed by atoms with van der Waals surface area (Å²) in [6.07, 6.45) is 1.14. The second-order valence-electron chi connectivity index (χ2n) is 7.19. The number of ether oxygens (including phenoxy) is 2. The van der Waals surface area contributed by atoms with Crippen LogP contribution < -0.4 is 20.3 Å². The van der Waals surface area contributed by atoms with Crippen molar-refractivity contribution < 1.29 is 13.9 Å². The van der Waals surface area contributed by atoms with Crippen molar-refractivity contribution in [2.75, 3.05) is 19.9 Å². The molecule has 2 fully saturated rings. The number of hydrazine groups is 1. The summed E-state index contributed by atoms with van der Waals surface area (Å²) in [5.74, 6) is 4.23. The van der Waals surface area contributed by atoms with Crippen LogP contribution in [-0.2, 0) is 6.54 Å². The van der Waals surface area contributed by atoms with Gasteiger partial charge in [0.2, 0.25) is 6.79 Å². The molecule has 2 saturated heterocycles. The lowest BCUT2D eigenvalue weighted by atomic mass is 9.85. The molecule has 3 aliphatic rings. The van der Waals surface area contributed by atoms with Crippen molar-refractivity contribution in [3.8, 4) is 11.5 Å². The monoisotopic (exact) mass is 341 g/mol. The van der Waals surface area contributed by atoms with Crippen LogP contribution in [0.2, 0.25) is 0 Å². The van der Waals surface area contributed by atoms with E-state index < -0.39 is 0 Å². The second-order valence-corrected chi connectivity index (χ2v) is 7.19. The number of piperidine rings is 1. The maximum absolute atomic E-state index is 5.76. The number of benzene rings is 1. The largest absolute Gasteiger partial charge is 0.465 e. The minimum atomic E-state index is 0.278. The number of hydrogen-bond acceptors (Lipinski definition) is 6. The number of nitrogens with zero attached hydrogens (tertiary/aromatic N) is 1. The van der Waals surface area contributed by atoms with Gasteiger partial charge < -0.3 is 13.9 Å². The van der Waals surface area contributed by atoms with Gasteiger partial charge in [-0.3, -0.25) is 10.3 Å². The summed E-state index contributed by atoms with van der Waals surface area (Å²) in [6, 6.07) is 11.2. The van der Waals surface area contributed by atoms with Gasteiger partial charge in [0.15, 0.2) is 11.5 Å². The summed E-state index contributed by atoms with van der Waals surface area (Å²) < 4.78 is 16.7. The molecule has 1 aromatic carbocycles. The van der Waals surface area contributed by atoms with Crippen molar-refractivity contribution >= 4 is 0 Å². The van der Waals surface area contributed by atoms with Crippen molar-refractivity contribution in [3.63, 3.8) is 0 Å². The van der Waals surface area contributed by atoms with Gasteiger partial charge in [0.25, 0.3) is 0 Å². The Balaban J connectivity index is 1.33. The van der Waals surface area contributed by atoms with Gasteiger partial charge in [-0.1, -0.05) is 6.07 Å². The normalized spacial score (nSPS) is 28.3. The molecule has 0 bridgehead atoms. The maximum Gasteiger partial charge on any atom is 0.231 e. The second kappa shape index (κ2) is 6.05. The zero-order valence-corrected chi connectivity index (χ0v) is 14.3. The van der Waals surface area contributed by atoms with Gasteiger partial charge in [-0.25, -0.2) is 5.43 Å². The molecule has 0 aliphatic carbocycles. The summed E-state index contributed by atoms with van der Waals surface area (Å²) in [5, 5.41) is 0. The summed E-state index contributed by atoms with van der Waals surface area (Å²) >= 11 is 0. The molecule has 3 unspecified atom stereocenters. The molecule has 2 aromatic rings. The maximum atomic E-state index is 5.76. The molecule has 3 atom stereocenters. The number of rotatable bonds is 3. The lowest BCUT2D eigenvalue weighted by molar-refractivity contribution is 0.139. The zero-order valence-electron chi connectivity index (χ0n) is 14.3. The number of aryl methyl sites for hydroxylation is 1. The Labute approximate surface area is 147 Å². The van der Waals surface area contributed by atoms with Gasteiger partial charge in [-0.15, -0.1) is 0 Å². The fourth-order valence-corrected chi connectivity index (χ4v) is 4.24. The quantitative estimate of drug-likeness (QED) is 0.894. The molecule has 132 valence electrons. The highest BCUT2D eigenvalue weighted by Crippen LogP contribution is 2.39. The molecule has 0 spiro atoms. The minimum absolute atomic E-state index is 0.278. The lowest BCUT2D eigenvalue weighted by Gasteiger charge is -2.35. The van der Waals surface area contributed by atoms with E-state index in [0.29, 0.717) is 18.8 Å². The molecule has 0 radical (unpaired) electrons. The molecule has 6 nitrogen and oxygen atoms in total. The summed E-state index contributed by atoms with van der Waals surface area (Å²) in [5.41, 5.74) is 8.24. The third-order valence-electron chi connectivity index (χ3n) is 5.53. The lowest BCUT2D eigenvalue weighted by Crippen LogP contribution is -2.45. The highest BCUT2D eigenvalue weighted by Gasteiger charge is 2.40. The van der Waals surface area contributed by atoms with Crippen LogP contribution in [0.15, 0.2) is 34.7 Å². The van der Waals surface area contributed by atoms with Gasteiger partial charge in [0.1, 0.15) is 11.5 Å². The van der Waals surface area contributed by atoms with Crippen LogP contribution in [0, 0.1) is 12.8 Å². The first kappa shape index (κ1) is 15.3. The SMILES string of the molecule is Cc1ccc(CN2CCC3NNC(c4ccc5c(c4)OCO5)C3C2)o1. The van der Waals surface area contributed by atoms with E-state index in [9.17, 15) is 0 Å². The van der Waals surface area contributed by atoms with Crippen LogP contribution in [0.5, 0.6) is 11.5 Å². The molecule has 25 heavy (non-hydrogen) atoms. The molecular formula is C19H23N3O3. The molecule has 5 rings (SSSR count). The average molecular weight is 341 g/mol. The van der Waals surface area contributed by atoms with Gasteiger partial charge in [-0.05, 0) is 43.2 Å². The third-order valence-corrected chi connectivity index (χ3v) is 5.53. The van der Waals surface area contributed by atoms with Crippen LogP contribution in [0.1, 0.15) is 29.5 Å². The van der Waals surface area contributed by atoms with Crippen LogP contribution in [-0.4, -0.2) is 30.8 Å². The van der Waals surface area contributed by atoms with E-state index in [1.807, 2.05) is 19.1 Å². The Morgan fingerprint density at radius 2 is 2.04 bits per heavy atom. The number of nitrogens with one attached hydrogen (secondary N) is 2. The first-order valence-electron chi connectivity index (χ1n) is 8.94. The fourth-order valence-electron chi connectivity index (χ4n) is 4.24. The van der Waals surface area contributed by atoms with E-state index in [1.165, 1.54) is 5.56 Å². The zero-order chi connectivity index (χ0) is 16.8. The Morgan fingerprint density at radius 3 is 2.92 bits per heavy atom. The number of furan rings is 1. The van der Waals surface area contributed by atoms with Crippen molar-refractivity contribution in [1.82, 2.24) is 15.8 Å². The minimum Gasteiger partial charge on any atom is -0.465 e. The van der Waals surface area contributed by atoms with E-state index in [0.717, 1.165) is 49.1 Å². The van der Waals surface area contributed by atoms with Gasteiger partial charge in [-0.2, -0.15) is 0 Å². The van der Waals surface area contributed by atoms with E-state index in [2.05, 4.69) is 34.0 Å². The van der Waals surface area contributed by atoms with Crippen molar-refractivity contribution in [3.05, 3.63) is 47.4 Å². The smallest absolute Gasteiger partial charge is 0.231 e. The standard InChI is InChI=1S/C19H23N3O3/c1-12-2-4-14(25-12)9-22-7-6-16-15(10-22)19(21-20-16)13-3-5-17-18(8-13)24-11-23-17/h2-5,8,15-16,19-21H,6-7,9-11H2,1H3. The third kappa shape index (κ3) is 2.80. The van der Waals surface area contributed by atoms with Gasteiger partial charge >= 0.3 is 0 Å². The fraction of sp³-hybridized carbons (Fsp3) is 0.474. The highest BCUT2D eigenvalue weighted by atomic mass is 16.7. The summed E-state index contributed by atoms with van der Waals surface area (Å²) in [7, 11) is 0. The Morgan fingerprint density at radius 1 is 1.12 bits per heavy atom. The molecule has 4 heterocycles. The highest BCUT2D eigenvalue weighted by molar-refractivity contribution is 5.45. The predicted octanol–water partition coefficient (Wildman–Crippen LogP) is 2.36. The number of likely N-dealkylation sites (tertiary alicyclic amines) is 1. The molecular weight excluding hydrogens is 318 g/mol. The summed E-state index contributed by atoms with van der Waals surface area (Å²) in [4.78, 5) is 2.49. The van der Waals surface area contributed by atoms with E-state index in [4.69, 9.17) is 13.9 Å². The van der Waals surface area contributed by atoms with E-state index in [1.54, 1.807) is 0 Å². The van der Waals surface area contributed by atoms with E-state index in [-0.39, 0.29) is 6.04 Å². The van der Waals surface area contributed by atoms with Gasteiger partial charge in [0, 0.05) is 25.0 Å². The first-order chi connectivity index (χ1) is 12.3. The molecule has 0 saturated carbocycles. The Kier molecular flexibility index (Phi) is 3.69. The van der Waals surface area contributed by atoms with Crippen molar-refractivity contribution in [2.45, 2.75) is 32.0 Å². The predicted molar refractivity (Wildman–Crippen MR) is 92.2 cm³/mol. The van der Waals surface area contributed by atoms with Crippen LogP contribution in [0.25, 0.3) is 0 Å². The van der Waals surface area contributed by atoms with Crippen LogP contribution >= 0.6 is 0 Å².